The Kier molecular flexibility index (Phi) is 20.7. The van der Waals surface area contributed by atoms with Crippen molar-refractivity contribution in [2.75, 3.05) is 0 Å². The van der Waals surface area contributed by atoms with Crippen molar-refractivity contribution in [3.63, 3.8) is 0 Å². The molecular formula is C118H70N16S3. The van der Waals surface area contributed by atoms with Gasteiger partial charge in [0.25, 0.3) is 0 Å². The minimum absolute atomic E-state index is 0.701. The molecule has 0 aliphatic carbocycles. The maximum Gasteiger partial charge on any atom is 0.160 e. The van der Waals surface area contributed by atoms with Crippen LogP contribution in [-0.2, 0) is 0 Å². The molecule has 0 aliphatic heterocycles. The predicted molar refractivity (Wildman–Crippen MR) is 561 cm³/mol. The third-order valence-corrected chi connectivity index (χ3v) is 26.8. The molecule has 0 saturated heterocycles. The van der Waals surface area contributed by atoms with E-state index in [2.05, 4.69) is 296 Å². The maximum absolute atomic E-state index is 5.35. The van der Waals surface area contributed by atoms with E-state index >= 15 is 0 Å². The quantitative estimate of drug-likeness (QED) is 0.0984. The lowest BCUT2D eigenvalue weighted by atomic mass is 9.94. The fourth-order valence-electron chi connectivity index (χ4n) is 18.6. The van der Waals surface area contributed by atoms with Crippen molar-refractivity contribution < 1.29 is 0 Å². The molecule has 0 aliphatic rings. The molecule has 16 nitrogen and oxygen atoms in total. The van der Waals surface area contributed by atoms with Crippen molar-refractivity contribution in [1.82, 2.24) is 76.1 Å². The highest BCUT2D eigenvalue weighted by Crippen LogP contribution is 2.46. The number of pyridine rings is 8. The van der Waals surface area contributed by atoms with Gasteiger partial charge in [0.2, 0.25) is 0 Å². The van der Waals surface area contributed by atoms with E-state index in [9.17, 15) is 0 Å². The molecule has 640 valence electrons. The van der Waals surface area contributed by atoms with Gasteiger partial charge in [0.1, 0.15) is 33.1 Å². The lowest BCUT2D eigenvalue weighted by molar-refractivity contribution is 1.18. The zero-order valence-electron chi connectivity index (χ0n) is 72.8. The van der Waals surface area contributed by atoms with Crippen molar-refractivity contribution >= 4 is 155 Å². The molecule has 19 heteroatoms. The van der Waals surface area contributed by atoms with Crippen molar-refractivity contribution in [2.24, 2.45) is 0 Å². The highest BCUT2D eigenvalue weighted by atomic mass is 32.1. The van der Waals surface area contributed by atoms with Crippen LogP contribution in [0.25, 0.3) is 266 Å². The summed E-state index contributed by atoms with van der Waals surface area (Å²) in [4.78, 5) is 50.4. The molecule has 0 atom stereocenters. The molecule has 0 spiro atoms. The number of aromatic nitrogens is 16. The molecule has 0 bridgehead atoms. The van der Waals surface area contributed by atoms with Crippen LogP contribution in [0.1, 0.15) is 0 Å². The third kappa shape index (κ3) is 15.2. The second kappa shape index (κ2) is 35.0. The fraction of sp³-hybridized carbons (Fsp3) is 0. The van der Waals surface area contributed by atoms with Crippen LogP contribution in [0.4, 0.5) is 0 Å². The van der Waals surface area contributed by atoms with Crippen LogP contribution in [0.5, 0.6) is 0 Å². The van der Waals surface area contributed by atoms with Crippen LogP contribution >= 0.6 is 35.2 Å². The first kappa shape index (κ1) is 81.1. The van der Waals surface area contributed by atoms with E-state index in [0.717, 1.165) is 260 Å². The van der Waals surface area contributed by atoms with Crippen LogP contribution in [0, 0.1) is 0 Å². The van der Waals surface area contributed by atoms with E-state index in [0.29, 0.717) is 5.82 Å². The second-order valence-electron chi connectivity index (χ2n) is 33.3. The standard InChI is InChI=1S/C41H25N5S.C40H24N6S.C37H21N5S/c1-4-11-27(12-5-1)35-25-36(43-41(42-35)30-15-8-3-9-16-30)28-21-19-26(20-22-28)31-17-10-18-32-37-33(23-24-34-40(37)46-47-45-34)38(44-39(31)32)29-13-6-2-7-14-29;1-2-9-27(10-3-1)38-31-19-20-34-40(46-47-45-34)37(31)30-12-8-11-29(39(30)44-38)26-17-15-25(16-18-26)28-23-35(32-13-4-6-21-41-32)43-36(24-28)33-14-5-7-22-42-33;1-3-8-22(9-4-1)29-19-16-24-14-15-25-17-20-30(39-35(25)34(24)38-29)26-12-7-13-27-32-28(18-21-31-37(32)42-43-41-31)33(40-36(26)27)23-10-5-2-6-11-23/h1-25H;1-24H;1-21H. The third-order valence-electron chi connectivity index (χ3n) is 25.2. The van der Waals surface area contributed by atoms with Crippen LogP contribution in [-0.4, -0.2) is 76.1 Å². The Morgan fingerprint density at radius 3 is 0.920 bits per heavy atom. The maximum atomic E-state index is 5.35. The minimum Gasteiger partial charge on any atom is -0.255 e. The number of fused-ring (bicyclic) bond motifs is 18. The summed E-state index contributed by atoms with van der Waals surface area (Å²) in [6.45, 7) is 0. The Bertz CT molecular complexity index is 8840. The number of nitrogens with zero attached hydrogens (tertiary/aromatic N) is 16. The number of hydrogen-bond donors (Lipinski definition) is 0. The lowest BCUT2D eigenvalue weighted by Gasteiger charge is -2.14. The predicted octanol–water partition coefficient (Wildman–Crippen LogP) is 29.9. The van der Waals surface area contributed by atoms with Crippen LogP contribution in [0.2, 0.25) is 0 Å². The van der Waals surface area contributed by atoms with Crippen LogP contribution in [0.3, 0.4) is 0 Å². The molecule has 12 aromatic heterocycles. The molecule has 0 amide bonds. The molecule has 27 rings (SSSR count). The largest absolute Gasteiger partial charge is 0.255 e. The average molecular weight is 1810 g/mol. The van der Waals surface area contributed by atoms with Gasteiger partial charge < -0.3 is 0 Å². The van der Waals surface area contributed by atoms with E-state index in [4.69, 9.17) is 53.0 Å². The van der Waals surface area contributed by atoms with E-state index in [1.165, 1.54) is 35.2 Å². The van der Waals surface area contributed by atoms with Crippen molar-refractivity contribution in [3.05, 3.63) is 425 Å². The van der Waals surface area contributed by atoms with Gasteiger partial charge in [0.05, 0.1) is 125 Å². The van der Waals surface area contributed by atoms with Gasteiger partial charge in [-0.3, -0.25) is 9.97 Å². The van der Waals surface area contributed by atoms with Crippen molar-refractivity contribution in [3.8, 4) is 146 Å². The Labute approximate surface area is 796 Å². The smallest absolute Gasteiger partial charge is 0.160 e. The Hall–Kier alpha value is -17.9. The highest BCUT2D eigenvalue weighted by molar-refractivity contribution is 7.00. The molecule has 0 unspecified atom stereocenters. The fourth-order valence-corrected chi connectivity index (χ4v) is 20.2. The summed E-state index contributed by atoms with van der Waals surface area (Å²) in [5, 5.41) is 11.7. The summed E-state index contributed by atoms with van der Waals surface area (Å²) in [5.74, 6) is 0.701. The second-order valence-corrected chi connectivity index (χ2v) is 34.9. The van der Waals surface area contributed by atoms with Gasteiger partial charge in [-0.25, -0.2) is 39.9 Å². The van der Waals surface area contributed by atoms with Crippen LogP contribution in [0.15, 0.2) is 425 Å². The molecule has 0 N–H and O–H groups in total. The molecule has 0 radical (unpaired) electrons. The molecule has 27 aromatic rings. The molecule has 0 saturated carbocycles. The van der Waals surface area contributed by atoms with Crippen molar-refractivity contribution in [1.29, 1.82) is 0 Å². The highest BCUT2D eigenvalue weighted by Gasteiger charge is 2.25. The van der Waals surface area contributed by atoms with Gasteiger partial charge in [-0.1, -0.05) is 322 Å². The molecular weight excluding hydrogens is 1740 g/mol. The summed E-state index contributed by atoms with van der Waals surface area (Å²) in [6.07, 6.45) is 3.58. The van der Waals surface area contributed by atoms with Gasteiger partial charge in [-0.15, -0.1) is 0 Å². The molecule has 15 aromatic carbocycles. The van der Waals surface area contributed by atoms with Gasteiger partial charge in [0, 0.05) is 127 Å². The van der Waals surface area contributed by atoms with Gasteiger partial charge in [-0.05, 0) is 113 Å². The summed E-state index contributed by atoms with van der Waals surface area (Å²) in [7, 11) is 0. The molecule has 0 fully saturated rings. The summed E-state index contributed by atoms with van der Waals surface area (Å²) in [6, 6.07) is 141. The summed E-state index contributed by atoms with van der Waals surface area (Å²) < 4.78 is 27.8. The zero-order valence-corrected chi connectivity index (χ0v) is 75.2. The number of para-hydroxylation sites is 3. The lowest BCUT2D eigenvalue weighted by Crippen LogP contribution is -1.96. The van der Waals surface area contributed by atoms with Gasteiger partial charge in [-0.2, -0.15) is 26.2 Å². The number of hydrogen-bond acceptors (Lipinski definition) is 19. The zero-order chi connectivity index (χ0) is 90.6. The number of benzene rings is 15. The summed E-state index contributed by atoms with van der Waals surface area (Å²) >= 11 is 3.73. The van der Waals surface area contributed by atoms with Gasteiger partial charge >= 0.3 is 0 Å². The first-order valence-electron chi connectivity index (χ1n) is 44.8. The Morgan fingerprint density at radius 1 is 0.161 bits per heavy atom. The first-order chi connectivity index (χ1) is 67.9. The van der Waals surface area contributed by atoms with Gasteiger partial charge in [0.15, 0.2) is 5.82 Å². The minimum atomic E-state index is 0.701. The molecule has 137 heavy (non-hydrogen) atoms. The van der Waals surface area contributed by atoms with Crippen LogP contribution < -0.4 is 0 Å². The Morgan fingerprint density at radius 2 is 0.504 bits per heavy atom. The van der Waals surface area contributed by atoms with E-state index in [1.54, 1.807) is 12.4 Å². The van der Waals surface area contributed by atoms with E-state index < -0.39 is 0 Å². The van der Waals surface area contributed by atoms with Crippen molar-refractivity contribution in [2.45, 2.75) is 0 Å². The Balaban J connectivity index is 0.000000109. The SMILES string of the molecule is c1ccc(-c2cc(-c3ccc(-c4cccc5c4nc(-c4ccccc4)c4ccc6nsnc6c45)cc3)nc(-c3ccccc3)n2)cc1.c1ccc(-c2ccc3ccc4ccc(-c5cccc6c5nc(-c5ccccc5)c5ccc7nsnc7c56)nc4c3n2)cc1.c1ccc(-c2nc3c(-c4ccc(-c5cc(-c6ccccn6)nc(-c6ccccn6)c5)cc4)cccc3c3c2ccc2nsnc23)cc1. The monoisotopic (exact) mass is 1810 g/mol. The number of rotatable bonds is 13. The normalized spacial score (nSPS) is 11.5. The average Bonchev–Trinajstić information content (AvgIpc) is 1.73. The summed E-state index contributed by atoms with van der Waals surface area (Å²) in [5.41, 5.74) is 34.2. The van der Waals surface area contributed by atoms with E-state index in [1.807, 2.05) is 140 Å². The first-order valence-corrected chi connectivity index (χ1v) is 47.0. The topological polar surface area (TPSA) is 206 Å². The van der Waals surface area contributed by atoms with E-state index in [-0.39, 0.29) is 0 Å². The molecule has 12 heterocycles.